The molecule has 4 aliphatic rings. The van der Waals surface area contributed by atoms with Crippen molar-refractivity contribution in [3.05, 3.63) is 0 Å². The summed E-state index contributed by atoms with van der Waals surface area (Å²) in [4.78, 5) is 15.8. The van der Waals surface area contributed by atoms with Crippen LogP contribution >= 0.6 is 0 Å². The van der Waals surface area contributed by atoms with E-state index in [0.29, 0.717) is 5.92 Å². The van der Waals surface area contributed by atoms with Crippen LogP contribution in [0.1, 0.15) is 6.92 Å². The van der Waals surface area contributed by atoms with Crippen molar-refractivity contribution in [2.45, 2.75) is 6.92 Å². The van der Waals surface area contributed by atoms with Crippen LogP contribution in [0.3, 0.4) is 0 Å². The lowest BCUT2D eigenvalue weighted by atomic mass is 9.72. The van der Waals surface area contributed by atoms with Gasteiger partial charge in [0, 0.05) is 50.6 Å². The van der Waals surface area contributed by atoms with E-state index in [9.17, 15) is 4.79 Å². The van der Waals surface area contributed by atoms with Crippen LogP contribution in [0.5, 0.6) is 0 Å². The van der Waals surface area contributed by atoms with E-state index in [-0.39, 0.29) is 5.41 Å². The number of carbonyl (C=O) groups excluding carboxylic acids is 1. The molecule has 17 heavy (non-hydrogen) atoms. The van der Waals surface area contributed by atoms with E-state index in [0.717, 1.165) is 45.0 Å². The lowest BCUT2D eigenvalue weighted by Crippen LogP contribution is -2.60. The molecule has 0 spiro atoms. The van der Waals surface area contributed by atoms with Gasteiger partial charge in [0.05, 0.1) is 5.71 Å². The zero-order chi connectivity index (χ0) is 12.0. The molecule has 6 nitrogen and oxygen atoms in total. The van der Waals surface area contributed by atoms with Crippen LogP contribution in [-0.4, -0.2) is 60.8 Å². The molecule has 4 bridgehead atoms. The number of piperidine rings is 2. The second-order valence-corrected chi connectivity index (χ2v) is 5.70. The van der Waals surface area contributed by atoms with Crippen molar-refractivity contribution in [2.75, 3.05) is 39.3 Å². The molecule has 4 heterocycles. The predicted molar refractivity (Wildman–Crippen MR) is 64.6 cm³/mol. The minimum atomic E-state index is -0.576. The Morgan fingerprint density at radius 1 is 1.41 bits per heavy atom. The first-order valence-electron chi connectivity index (χ1n) is 6.15. The molecule has 3 N–H and O–H groups in total. The zero-order valence-electron chi connectivity index (χ0n) is 10.1. The van der Waals surface area contributed by atoms with Crippen molar-refractivity contribution in [1.82, 2.24) is 15.2 Å². The molecule has 2 amide bonds. The maximum atomic E-state index is 10.8. The quantitative estimate of drug-likeness (QED) is 0.591. The van der Waals surface area contributed by atoms with Crippen molar-refractivity contribution in [1.29, 1.82) is 0 Å². The van der Waals surface area contributed by atoms with Crippen LogP contribution in [0.2, 0.25) is 0 Å². The van der Waals surface area contributed by atoms with Crippen LogP contribution in [0.15, 0.2) is 5.10 Å². The number of hydrogen-bond acceptors (Lipinski definition) is 4. The topological polar surface area (TPSA) is 74.0 Å². The lowest BCUT2D eigenvalue weighted by molar-refractivity contribution is 0.130. The van der Waals surface area contributed by atoms with Crippen LogP contribution in [-0.2, 0) is 0 Å². The van der Waals surface area contributed by atoms with Gasteiger partial charge in [-0.1, -0.05) is 6.92 Å². The molecular formula is C11H19N5O. The van der Waals surface area contributed by atoms with E-state index >= 15 is 0 Å². The Kier molecular flexibility index (Phi) is 2.38. The number of fused-ring (bicyclic) bond motifs is 1. The Morgan fingerprint density at radius 3 is 2.47 bits per heavy atom. The number of nitrogens with one attached hydrogen (secondary N) is 1. The predicted octanol–water partition coefficient (Wildman–Crippen LogP) is -0.722. The van der Waals surface area contributed by atoms with Crippen molar-refractivity contribution < 1.29 is 4.79 Å². The van der Waals surface area contributed by atoms with Crippen LogP contribution in [0.25, 0.3) is 0 Å². The number of nitrogens with zero attached hydrogens (tertiary/aromatic N) is 3. The van der Waals surface area contributed by atoms with Gasteiger partial charge in [0.1, 0.15) is 0 Å². The van der Waals surface area contributed by atoms with Gasteiger partial charge in [-0.3, -0.25) is 0 Å². The first kappa shape index (κ1) is 11.0. The number of hydrazone groups is 1. The number of hydrogen-bond donors (Lipinski definition) is 2. The third-order valence-electron chi connectivity index (χ3n) is 4.13. The van der Waals surface area contributed by atoms with Crippen molar-refractivity contribution in [3.63, 3.8) is 0 Å². The molecule has 4 rings (SSSR count). The number of urea groups is 1. The summed E-state index contributed by atoms with van der Waals surface area (Å²) < 4.78 is 0. The highest BCUT2D eigenvalue weighted by Gasteiger charge is 2.49. The summed E-state index contributed by atoms with van der Waals surface area (Å²) in [6, 6.07) is -0.576. The monoisotopic (exact) mass is 237 g/mol. The Labute approximate surface area is 101 Å². The number of amides is 2. The third kappa shape index (κ3) is 1.81. The Bertz CT molecular complexity index is 364. The van der Waals surface area contributed by atoms with Gasteiger partial charge in [0.2, 0.25) is 0 Å². The molecule has 2 atom stereocenters. The molecule has 94 valence electrons. The van der Waals surface area contributed by atoms with Gasteiger partial charge >= 0.3 is 6.03 Å². The molecule has 0 aromatic heterocycles. The molecule has 0 aromatic carbocycles. The highest BCUT2D eigenvalue weighted by atomic mass is 16.2. The summed E-state index contributed by atoms with van der Waals surface area (Å²) in [5.74, 6) is 0.442. The minimum absolute atomic E-state index is 0.0696. The smallest absolute Gasteiger partial charge is 0.332 e. The van der Waals surface area contributed by atoms with Crippen LogP contribution < -0.4 is 11.2 Å². The summed E-state index contributed by atoms with van der Waals surface area (Å²) in [6.45, 7) is 8.76. The molecule has 0 aliphatic carbocycles. The summed E-state index contributed by atoms with van der Waals surface area (Å²) >= 11 is 0. The molecule has 0 saturated carbocycles. The largest absolute Gasteiger partial charge is 0.350 e. The third-order valence-corrected chi connectivity index (χ3v) is 4.13. The first-order chi connectivity index (χ1) is 8.07. The van der Waals surface area contributed by atoms with Gasteiger partial charge in [-0.15, -0.1) is 0 Å². The highest BCUT2D eigenvalue weighted by Crippen LogP contribution is 2.37. The van der Waals surface area contributed by atoms with Crippen molar-refractivity contribution >= 4 is 11.7 Å². The molecular weight excluding hydrogens is 218 g/mol. The lowest BCUT2D eigenvalue weighted by Gasteiger charge is -2.48. The second-order valence-electron chi connectivity index (χ2n) is 5.70. The van der Waals surface area contributed by atoms with Gasteiger partial charge in [-0.2, -0.15) is 5.10 Å². The molecule has 4 aliphatic heterocycles. The average molecular weight is 237 g/mol. The average Bonchev–Trinajstić information content (AvgIpc) is 2.44. The van der Waals surface area contributed by atoms with Crippen LogP contribution in [0.4, 0.5) is 4.79 Å². The zero-order valence-corrected chi connectivity index (χ0v) is 10.1. The number of carbonyl (C=O) groups is 1. The molecule has 0 aromatic rings. The Morgan fingerprint density at radius 2 is 2.00 bits per heavy atom. The van der Waals surface area contributed by atoms with E-state index in [4.69, 9.17) is 5.73 Å². The fraction of sp³-hybridized carbons (Fsp3) is 0.818. The molecule has 6 heteroatoms. The number of rotatable bonds is 1. The first-order valence-corrected chi connectivity index (χ1v) is 6.15. The summed E-state index contributed by atoms with van der Waals surface area (Å²) in [5, 5.41) is 4.27. The Balaban J connectivity index is 1.91. The minimum Gasteiger partial charge on any atom is -0.350 e. The van der Waals surface area contributed by atoms with Gasteiger partial charge < -0.3 is 15.5 Å². The molecule has 4 fully saturated rings. The van der Waals surface area contributed by atoms with Gasteiger partial charge in [0.15, 0.2) is 0 Å². The maximum absolute atomic E-state index is 10.8. The fourth-order valence-electron chi connectivity index (χ4n) is 3.64. The standard InChI is InChI=1S/C11H19N5O/c1-11-6-15-2-3-16(7-11)5-8(4-15)9(11)13-14-10(12)17/h8H,2-7H2,1H3,(H3,12,14,17)/b13-9-. The summed E-state index contributed by atoms with van der Waals surface area (Å²) in [6.07, 6.45) is 0. The Hall–Kier alpha value is -1.14. The van der Waals surface area contributed by atoms with E-state index in [2.05, 4.69) is 27.3 Å². The molecule has 4 saturated heterocycles. The van der Waals surface area contributed by atoms with E-state index in [1.165, 1.54) is 0 Å². The molecule has 0 radical (unpaired) electrons. The van der Waals surface area contributed by atoms with E-state index < -0.39 is 6.03 Å². The van der Waals surface area contributed by atoms with Gasteiger partial charge in [-0.25, -0.2) is 10.2 Å². The SMILES string of the molecule is CC12CN3CCN(CC(C3)/C1=N/NC(N)=O)C2. The van der Waals surface area contributed by atoms with Gasteiger partial charge in [-0.05, 0) is 0 Å². The van der Waals surface area contributed by atoms with Crippen molar-refractivity contribution in [2.24, 2.45) is 22.2 Å². The fourth-order valence-corrected chi connectivity index (χ4v) is 3.64. The van der Waals surface area contributed by atoms with E-state index in [1.807, 2.05) is 0 Å². The molecule has 2 unspecified atom stereocenters. The van der Waals surface area contributed by atoms with Crippen molar-refractivity contribution in [3.8, 4) is 0 Å². The highest BCUT2D eigenvalue weighted by molar-refractivity contribution is 5.95. The summed E-state index contributed by atoms with van der Waals surface area (Å²) in [5.41, 5.74) is 8.70. The van der Waals surface area contributed by atoms with Gasteiger partial charge in [0.25, 0.3) is 0 Å². The van der Waals surface area contributed by atoms with E-state index in [1.54, 1.807) is 0 Å². The second kappa shape index (κ2) is 3.68. The number of nitrogens with two attached hydrogens (primary N) is 1. The van der Waals surface area contributed by atoms with Crippen LogP contribution in [0, 0.1) is 11.3 Å². The number of primary amides is 1. The maximum Gasteiger partial charge on any atom is 0.332 e. The summed E-state index contributed by atoms with van der Waals surface area (Å²) in [7, 11) is 0. The normalized spacial score (nSPS) is 45.9.